The van der Waals surface area contributed by atoms with E-state index in [1.807, 2.05) is 36.9 Å². The van der Waals surface area contributed by atoms with E-state index in [0.29, 0.717) is 13.1 Å². The third-order valence-electron chi connectivity index (χ3n) is 3.39. The van der Waals surface area contributed by atoms with Crippen LogP contribution < -0.4 is 5.32 Å². The van der Waals surface area contributed by atoms with Crippen LogP contribution in [0, 0.1) is 12.8 Å². The number of methoxy groups -OCH3 is 1. The first kappa shape index (κ1) is 18.6. The summed E-state index contributed by atoms with van der Waals surface area (Å²) in [5.41, 5.74) is 1.83. The summed E-state index contributed by atoms with van der Waals surface area (Å²) in [7, 11) is 1.37. The largest absolute Gasteiger partial charge is 0.469 e. The lowest BCUT2D eigenvalue weighted by Gasteiger charge is -2.22. The molecule has 0 aliphatic heterocycles. The highest BCUT2D eigenvalue weighted by Gasteiger charge is 2.18. The van der Waals surface area contributed by atoms with E-state index in [2.05, 4.69) is 21.2 Å². The number of nitrogens with zero attached hydrogens (tertiary/aromatic N) is 1. The van der Waals surface area contributed by atoms with Crippen molar-refractivity contribution in [2.75, 3.05) is 32.1 Å². The van der Waals surface area contributed by atoms with Crippen LogP contribution in [-0.4, -0.2) is 43.5 Å². The SMILES string of the molecule is CCN(CC(=O)Nc1ccc(Br)c(C)c1)CC(C)C(=O)OC. The lowest BCUT2D eigenvalue weighted by Crippen LogP contribution is -2.38. The molecule has 0 fully saturated rings. The van der Waals surface area contributed by atoms with Gasteiger partial charge in [0.15, 0.2) is 0 Å². The van der Waals surface area contributed by atoms with Crippen molar-refractivity contribution in [3.05, 3.63) is 28.2 Å². The Morgan fingerprint density at radius 3 is 2.64 bits per heavy atom. The van der Waals surface area contributed by atoms with E-state index < -0.39 is 0 Å². The lowest BCUT2D eigenvalue weighted by molar-refractivity contribution is -0.145. The zero-order chi connectivity index (χ0) is 16.7. The monoisotopic (exact) mass is 370 g/mol. The van der Waals surface area contributed by atoms with Gasteiger partial charge in [0.05, 0.1) is 19.6 Å². The summed E-state index contributed by atoms with van der Waals surface area (Å²) in [6, 6.07) is 5.67. The van der Waals surface area contributed by atoms with Crippen molar-refractivity contribution in [1.82, 2.24) is 4.90 Å². The quantitative estimate of drug-likeness (QED) is 0.749. The molecule has 0 saturated heterocycles. The Kier molecular flexibility index (Phi) is 7.55. The van der Waals surface area contributed by atoms with Crippen LogP contribution in [0.3, 0.4) is 0 Å². The van der Waals surface area contributed by atoms with Gasteiger partial charge in [0, 0.05) is 16.7 Å². The summed E-state index contributed by atoms with van der Waals surface area (Å²) < 4.78 is 5.72. The van der Waals surface area contributed by atoms with Crippen molar-refractivity contribution >= 4 is 33.5 Å². The fourth-order valence-electron chi connectivity index (χ4n) is 2.09. The Hall–Kier alpha value is -1.40. The zero-order valence-electron chi connectivity index (χ0n) is 13.5. The highest BCUT2D eigenvalue weighted by molar-refractivity contribution is 9.10. The van der Waals surface area contributed by atoms with Crippen LogP contribution in [0.4, 0.5) is 5.69 Å². The van der Waals surface area contributed by atoms with Crippen molar-refractivity contribution in [1.29, 1.82) is 0 Å². The van der Waals surface area contributed by atoms with Gasteiger partial charge in [-0.3, -0.25) is 14.5 Å². The third kappa shape index (κ3) is 5.77. The first-order valence-electron chi connectivity index (χ1n) is 7.23. The molecule has 1 amide bonds. The van der Waals surface area contributed by atoms with Crippen LogP contribution >= 0.6 is 15.9 Å². The summed E-state index contributed by atoms with van der Waals surface area (Å²) in [5, 5.41) is 2.87. The fourth-order valence-corrected chi connectivity index (χ4v) is 2.34. The molecule has 5 nitrogen and oxygen atoms in total. The van der Waals surface area contributed by atoms with E-state index in [4.69, 9.17) is 4.74 Å². The van der Waals surface area contributed by atoms with Crippen molar-refractivity contribution in [3.63, 3.8) is 0 Å². The number of amides is 1. The first-order chi connectivity index (χ1) is 10.4. The van der Waals surface area contributed by atoms with Crippen LogP contribution in [-0.2, 0) is 14.3 Å². The maximum absolute atomic E-state index is 12.1. The van der Waals surface area contributed by atoms with Crippen molar-refractivity contribution in [3.8, 4) is 0 Å². The molecule has 6 heteroatoms. The number of hydrogen-bond donors (Lipinski definition) is 1. The predicted molar refractivity (Wildman–Crippen MR) is 90.8 cm³/mol. The molecule has 0 aliphatic rings. The van der Waals surface area contributed by atoms with E-state index in [0.717, 1.165) is 15.7 Å². The minimum absolute atomic E-state index is 0.0966. The average molecular weight is 371 g/mol. The fraction of sp³-hybridized carbons (Fsp3) is 0.500. The van der Waals surface area contributed by atoms with Gasteiger partial charge in [-0.1, -0.05) is 29.8 Å². The van der Waals surface area contributed by atoms with Gasteiger partial charge < -0.3 is 10.1 Å². The van der Waals surface area contributed by atoms with Gasteiger partial charge in [-0.2, -0.15) is 0 Å². The van der Waals surface area contributed by atoms with Crippen LogP contribution in [0.2, 0.25) is 0 Å². The van der Waals surface area contributed by atoms with Gasteiger partial charge in [0.1, 0.15) is 0 Å². The Morgan fingerprint density at radius 2 is 2.09 bits per heavy atom. The minimum Gasteiger partial charge on any atom is -0.469 e. The van der Waals surface area contributed by atoms with Crippen molar-refractivity contribution < 1.29 is 14.3 Å². The Balaban J connectivity index is 2.57. The predicted octanol–water partition coefficient (Wildman–Crippen LogP) is 2.83. The topological polar surface area (TPSA) is 58.6 Å². The molecule has 1 atom stereocenters. The summed E-state index contributed by atoms with van der Waals surface area (Å²) in [6.07, 6.45) is 0. The molecule has 0 aliphatic carbocycles. The molecule has 1 aromatic rings. The second kappa shape index (κ2) is 8.90. The molecular formula is C16H23BrN2O3. The van der Waals surface area contributed by atoms with Gasteiger partial charge >= 0.3 is 5.97 Å². The Morgan fingerprint density at radius 1 is 1.41 bits per heavy atom. The molecule has 1 unspecified atom stereocenters. The van der Waals surface area contributed by atoms with E-state index in [1.54, 1.807) is 6.92 Å². The number of anilines is 1. The number of carbonyl (C=O) groups is 2. The number of rotatable bonds is 7. The van der Waals surface area contributed by atoms with E-state index in [-0.39, 0.29) is 24.3 Å². The van der Waals surface area contributed by atoms with Crippen LogP contribution in [0.5, 0.6) is 0 Å². The number of hydrogen-bond acceptors (Lipinski definition) is 4. The average Bonchev–Trinajstić information content (AvgIpc) is 2.49. The first-order valence-corrected chi connectivity index (χ1v) is 8.02. The smallest absolute Gasteiger partial charge is 0.309 e. The van der Waals surface area contributed by atoms with Crippen LogP contribution in [0.1, 0.15) is 19.4 Å². The van der Waals surface area contributed by atoms with Gasteiger partial charge in [-0.25, -0.2) is 0 Å². The molecule has 0 bridgehead atoms. The molecule has 0 radical (unpaired) electrons. The molecule has 122 valence electrons. The number of benzene rings is 1. The van der Waals surface area contributed by atoms with Gasteiger partial charge in [0.25, 0.3) is 0 Å². The minimum atomic E-state index is -0.262. The summed E-state index contributed by atoms with van der Waals surface area (Å²) in [5.74, 6) is -0.615. The van der Waals surface area contributed by atoms with Gasteiger partial charge in [0.2, 0.25) is 5.91 Å². The number of nitrogens with one attached hydrogen (secondary N) is 1. The standard InChI is InChI=1S/C16H23BrN2O3/c1-5-19(9-12(3)16(21)22-4)10-15(20)18-13-6-7-14(17)11(2)8-13/h6-8,12H,5,9-10H2,1-4H3,(H,18,20). The molecule has 0 aromatic heterocycles. The molecule has 22 heavy (non-hydrogen) atoms. The molecule has 1 N–H and O–H groups in total. The van der Waals surface area contributed by atoms with E-state index >= 15 is 0 Å². The number of likely N-dealkylation sites (N-methyl/N-ethyl adjacent to an activating group) is 1. The van der Waals surface area contributed by atoms with Crippen molar-refractivity contribution in [2.24, 2.45) is 5.92 Å². The lowest BCUT2D eigenvalue weighted by atomic mass is 10.1. The zero-order valence-corrected chi connectivity index (χ0v) is 15.1. The van der Waals surface area contributed by atoms with E-state index in [1.165, 1.54) is 7.11 Å². The number of aryl methyl sites for hydroxylation is 1. The molecule has 0 saturated carbocycles. The number of halogens is 1. The highest BCUT2D eigenvalue weighted by Crippen LogP contribution is 2.19. The third-order valence-corrected chi connectivity index (χ3v) is 4.28. The van der Waals surface area contributed by atoms with E-state index in [9.17, 15) is 9.59 Å². The summed E-state index contributed by atoms with van der Waals surface area (Å²) in [4.78, 5) is 25.5. The maximum Gasteiger partial charge on any atom is 0.309 e. The molecule has 0 heterocycles. The van der Waals surface area contributed by atoms with Crippen molar-refractivity contribution in [2.45, 2.75) is 20.8 Å². The number of carbonyl (C=O) groups excluding carboxylic acids is 2. The van der Waals surface area contributed by atoms with Gasteiger partial charge in [-0.05, 0) is 37.2 Å². The normalized spacial score (nSPS) is 12.1. The number of esters is 1. The Labute approximate surface area is 140 Å². The maximum atomic E-state index is 12.1. The van der Waals surface area contributed by atoms with Gasteiger partial charge in [-0.15, -0.1) is 0 Å². The molecule has 1 aromatic carbocycles. The second-order valence-corrected chi connectivity index (χ2v) is 6.12. The Bertz CT molecular complexity index is 534. The number of ether oxygens (including phenoxy) is 1. The summed E-state index contributed by atoms with van der Waals surface area (Å²) >= 11 is 3.43. The molecular weight excluding hydrogens is 348 g/mol. The highest BCUT2D eigenvalue weighted by atomic mass is 79.9. The van der Waals surface area contributed by atoms with Crippen LogP contribution in [0.15, 0.2) is 22.7 Å². The summed E-state index contributed by atoms with van der Waals surface area (Å²) in [6.45, 7) is 7.15. The second-order valence-electron chi connectivity index (χ2n) is 5.26. The van der Waals surface area contributed by atoms with Crippen LogP contribution in [0.25, 0.3) is 0 Å². The molecule has 1 rings (SSSR count). The molecule has 0 spiro atoms.